The first-order valence-corrected chi connectivity index (χ1v) is 12.7. The fourth-order valence-corrected chi connectivity index (χ4v) is 6.19. The Labute approximate surface area is 209 Å². The van der Waals surface area contributed by atoms with Crippen LogP contribution in [0.2, 0.25) is 5.02 Å². The van der Waals surface area contributed by atoms with E-state index >= 15 is 0 Å². The second-order valence-corrected chi connectivity index (χ2v) is 9.82. The molecule has 0 aliphatic heterocycles. The van der Waals surface area contributed by atoms with Crippen molar-refractivity contribution in [2.45, 2.75) is 24.8 Å². The molecule has 0 aliphatic carbocycles. The lowest BCUT2D eigenvalue weighted by Crippen LogP contribution is -2.22. The number of thioether (sulfide) groups is 1. The highest BCUT2D eigenvalue weighted by Crippen LogP contribution is 2.37. The molecule has 2 aromatic carbocycles. The van der Waals surface area contributed by atoms with Crippen LogP contribution in [0.15, 0.2) is 68.4 Å². The van der Waals surface area contributed by atoms with Gasteiger partial charge in [0.05, 0.1) is 23.9 Å². The summed E-state index contributed by atoms with van der Waals surface area (Å²) in [4.78, 5) is 19.6. The Kier molecular flexibility index (Phi) is 6.20. The Balaban J connectivity index is 1.74. The number of ether oxygens (including phenoxy) is 1. The SMILES string of the molecule is COc1ccccc1-n1c(SCc2c(C)noc2C)nc2scc(-c3ccccc3Cl)c2c1=O. The Morgan fingerprint density at radius 1 is 1.12 bits per heavy atom. The molecule has 0 aliphatic rings. The van der Waals surface area contributed by atoms with Gasteiger partial charge in [-0.25, -0.2) is 4.98 Å². The molecular formula is C25H20ClN3O3S2. The zero-order valence-corrected chi connectivity index (χ0v) is 21.1. The topological polar surface area (TPSA) is 70.2 Å². The van der Waals surface area contributed by atoms with E-state index in [2.05, 4.69) is 5.16 Å². The molecule has 3 heterocycles. The zero-order chi connectivity index (χ0) is 23.8. The molecule has 3 aromatic heterocycles. The summed E-state index contributed by atoms with van der Waals surface area (Å²) >= 11 is 9.37. The summed E-state index contributed by atoms with van der Waals surface area (Å²) in [5.41, 5.74) is 3.85. The standard InChI is InChI=1S/C25H20ClN3O3S2/c1-14-17(15(2)32-28-14)12-34-25-27-23-22(18(13-33-23)16-8-4-5-9-19(16)26)24(30)29(25)20-10-6-7-11-21(20)31-3/h4-11,13H,12H2,1-3H3. The first-order chi connectivity index (χ1) is 16.5. The van der Waals surface area contributed by atoms with Gasteiger partial charge in [-0.05, 0) is 32.0 Å². The Bertz CT molecular complexity index is 1550. The fourth-order valence-electron chi connectivity index (χ4n) is 3.82. The van der Waals surface area contributed by atoms with Crippen LogP contribution in [-0.2, 0) is 5.75 Å². The smallest absolute Gasteiger partial charge is 0.268 e. The number of hydrogen-bond acceptors (Lipinski definition) is 7. The van der Waals surface area contributed by atoms with Gasteiger partial charge in [0.2, 0.25) is 0 Å². The van der Waals surface area contributed by atoms with E-state index in [-0.39, 0.29) is 5.56 Å². The average molecular weight is 510 g/mol. The van der Waals surface area contributed by atoms with Gasteiger partial charge in [0, 0.05) is 32.8 Å². The summed E-state index contributed by atoms with van der Waals surface area (Å²) < 4.78 is 12.5. The van der Waals surface area contributed by atoms with Crippen molar-refractivity contribution in [3.8, 4) is 22.6 Å². The van der Waals surface area contributed by atoms with E-state index in [1.165, 1.54) is 23.1 Å². The van der Waals surface area contributed by atoms with E-state index in [1.54, 1.807) is 11.7 Å². The molecule has 34 heavy (non-hydrogen) atoms. The van der Waals surface area contributed by atoms with Crippen molar-refractivity contribution < 1.29 is 9.26 Å². The van der Waals surface area contributed by atoms with Crippen molar-refractivity contribution in [1.82, 2.24) is 14.7 Å². The Morgan fingerprint density at radius 2 is 1.88 bits per heavy atom. The number of thiophene rings is 1. The molecule has 0 bridgehead atoms. The number of halogens is 1. The Hall–Kier alpha value is -3.07. The molecule has 172 valence electrons. The molecule has 9 heteroatoms. The van der Waals surface area contributed by atoms with Crippen LogP contribution in [0.1, 0.15) is 17.0 Å². The Morgan fingerprint density at radius 3 is 2.62 bits per heavy atom. The number of methoxy groups -OCH3 is 1. The maximum atomic E-state index is 14.1. The van der Waals surface area contributed by atoms with Crippen molar-refractivity contribution in [1.29, 1.82) is 0 Å². The summed E-state index contributed by atoms with van der Waals surface area (Å²) in [6.45, 7) is 3.79. The molecule has 0 amide bonds. The minimum absolute atomic E-state index is 0.174. The molecule has 0 spiro atoms. The predicted molar refractivity (Wildman–Crippen MR) is 138 cm³/mol. The molecule has 5 rings (SSSR count). The molecule has 0 unspecified atom stereocenters. The second kappa shape index (κ2) is 9.29. The van der Waals surface area contributed by atoms with Crippen LogP contribution < -0.4 is 10.3 Å². The molecule has 0 fully saturated rings. The maximum Gasteiger partial charge on any atom is 0.268 e. The molecule has 0 saturated carbocycles. The van der Waals surface area contributed by atoms with Gasteiger partial charge < -0.3 is 9.26 Å². The summed E-state index contributed by atoms with van der Waals surface area (Å²) in [5.74, 6) is 1.91. The van der Waals surface area contributed by atoms with Gasteiger partial charge >= 0.3 is 0 Å². The third kappa shape index (κ3) is 3.91. The van der Waals surface area contributed by atoms with Gasteiger partial charge in [-0.2, -0.15) is 0 Å². The minimum Gasteiger partial charge on any atom is -0.495 e. The van der Waals surface area contributed by atoms with Gasteiger partial charge in [0.15, 0.2) is 5.16 Å². The molecule has 6 nitrogen and oxygen atoms in total. The van der Waals surface area contributed by atoms with Crippen LogP contribution in [0.25, 0.3) is 27.0 Å². The van der Waals surface area contributed by atoms with E-state index in [0.717, 1.165) is 28.1 Å². The molecule has 0 radical (unpaired) electrons. The number of aromatic nitrogens is 3. The highest BCUT2D eigenvalue weighted by Gasteiger charge is 2.22. The highest BCUT2D eigenvalue weighted by molar-refractivity contribution is 7.98. The maximum absolute atomic E-state index is 14.1. The van der Waals surface area contributed by atoms with Crippen molar-refractivity contribution in [3.63, 3.8) is 0 Å². The normalized spacial score (nSPS) is 11.3. The van der Waals surface area contributed by atoms with Gasteiger partial charge in [0.1, 0.15) is 16.3 Å². The van der Waals surface area contributed by atoms with Crippen LogP contribution in [0.4, 0.5) is 0 Å². The number of benzene rings is 2. The number of para-hydroxylation sites is 2. The fraction of sp³-hybridized carbons (Fsp3) is 0.160. The molecular weight excluding hydrogens is 490 g/mol. The number of aryl methyl sites for hydroxylation is 2. The minimum atomic E-state index is -0.174. The molecule has 0 N–H and O–H groups in total. The second-order valence-electron chi connectivity index (χ2n) is 7.61. The van der Waals surface area contributed by atoms with Crippen LogP contribution in [-0.4, -0.2) is 21.8 Å². The van der Waals surface area contributed by atoms with Gasteiger partial charge in [-0.1, -0.05) is 58.9 Å². The quantitative estimate of drug-likeness (QED) is 0.188. The lowest BCUT2D eigenvalue weighted by atomic mass is 10.1. The average Bonchev–Trinajstić information content (AvgIpc) is 3.41. The highest BCUT2D eigenvalue weighted by atomic mass is 35.5. The van der Waals surface area contributed by atoms with Crippen molar-refractivity contribution in [2.75, 3.05) is 7.11 Å². The van der Waals surface area contributed by atoms with E-state index in [1.807, 2.05) is 67.8 Å². The van der Waals surface area contributed by atoms with Crippen molar-refractivity contribution in [3.05, 3.63) is 86.3 Å². The summed E-state index contributed by atoms with van der Waals surface area (Å²) in [6, 6.07) is 14.9. The summed E-state index contributed by atoms with van der Waals surface area (Å²) in [5, 5.41) is 7.66. The first kappa shape index (κ1) is 22.7. The zero-order valence-electron chi connectivity index (χ0n) is 18.7. The van der Waals surface area contributed by atoms with Crippen LogP contribution >= 0.6 is 34.7 Å². The van der Waals surface area contributed by atoms with Gasteiger partial charge in [0.25, 0.3) is 5.56 Å². The van der Waals surface area contributed by atoms with Crippen molar-refractivity contribution in [2.24, 2.45) is 0 Å². The van der Waals surface area contributed by atoms with E-state index in [4.69, 9.17) is 25.8 Å². The van der Waals surface area contributed by atoms with E-state index in [9.17, 15) is 4.79 Å². The number of hydrogen-bond donors (Lipinski definition) is 0. The number of nitrogens with zero attached hydrogens (tertiary/aromatic N) is 3. The molecule has 5 aromatic rings. The largest absolute Gasteiger partial charge is 0.495 e. The lowest BCUT2D eigenvalue weighted by Gasteiger charge is -2.15. The third-order valence-electron chi connectivity index (χ3n) is 5.59. The lowest BCUT2D eigenvalue weighted by molar-refractivity contribution is 0.392. The third-order valence-corrected chi connectivity index (χ3v) is 7.76. The van der Waals surface area contributed by atoms with Gasteiger partial charge in [-0.3, -0.25) is 9.36 Å². The van der Waals surface area contributed by atoms with Crippen LogP contribution in [0.3, 0.4) is 0 Å². The summed E-state index contributed by atoms with van der Waals surface area (Å²) in [7, 11) is 1.59. The number of rotatable bonds is 6. The van der Waals surface area contributed by atoms with Gasteiger partial charge in [-0.15, -0.1) is 11.3 Å². The number of fused-ring (bicyclic) bond motifs is 1. The molecule has 0 atom stereocenters. The predicted octanol–water partition coefficient (Wildman–Crippen LogP) is 6.67. The van der Waals surface area contributed by atoms with Crippen LogP contribution in [0, 0.1) is 13.8 Å². The van der Waals surface area contributed by atoms with E-state index in [0.29, 0.717) is 37.6 Å². The van der Waals surface area contributed by atoms with E-state index < -0.39 is 0 Å². The monoisotopic (exact) mass is 509 g/mol. The van der Waals surface area contributed by atoms with Crippen molar-refractivity contribution >= 4 is 44.9 Å². The van der Waals surface area contributed by atoms with Crippen LogP contribution in [0.5, 0.6) is 5.75 Å². The molecule has 0 saturated heterocycles. The first-order valence-electron chi connectivity index (χ1n) is 10.5. The summed E-state index contributed by atoms with van der Waals surface area (Å²) in [6.07, 6.45) is 0.